The van der Waals surface area contributed by atoms with E-state index in [0.29, 0.717) is 5.69 Å². The number of anilines is 1. The fraction of sp³-hybridized carbons (Fsp3) is 0.308. The van der Waals surface area contributed by atoms with Crippen LogP contribution in [0.5, 0.6) is 0 Å². The van der Waals surface area contributed by atoms with Crippen LogP contribution in [0.25, 0.3) is 0 Å². The first kappa shape index (κ1) is 14.1. The number of hydrogen-bond acceptors (Lipinski definition) is 4. The highest BCUT2D eigenvalue weighted by Crippen LogP contribution is 2.25. The van der Waals surface area contributed by atoms with E-state index < -0.39 is 18.0 Å². The molecule has 2 aromatic heterocycles. The van der Waals surface area contributed by atoms with Gasteiger partial charge in [-0.25, -0.2) is 4.98 Å². The van der Waals surface area contributed by atoms with Crippen LogP contribution in [0.2, 0.25) is 0 Å². The smallest absolute Gasteiger partial charge is 0.306 e. The van der Waals surface area contributed by atoms with Gasteiger partial charge in [-0.15, -0.1) is 0 Å². The molecule has 0 unspecified atom stereocenters. The molecule has 7 heteroatoms. The van der Waals surface area contributed by atoms with Crippen LogP contribution in [0.1, 0.15) is 11.4 Å². The predicted molar refractivity (Wildman–Crippen MR) is 70.8 cm³/mol. The van der Waals surface area contributed by atoms with Crippen LogP contribution >= 0.6 is 0 Å². The molecular weight excluding hydrogens is 266 g/mol. The van der Waals surface area contributed by atoms with E-state index in [-0.39, 0.29) is 11.5 Å². The van der Waals surface area contributed by atoms with Gasteiger partial charge in [0, 0.05) is 25.1 Å². The van der Waals surface area contributed by atoms with E-state index in [1.165, 1.54) is 29.1 Å². The Balaban J connectivity index is 2.17. The molecule has 5 nitrogen and oxygen atoms in total. The second kappa shape index (κ2) is 5.36. The monoisotopic (exact) mass is 280 g/mol. The Bertz CT molecular complexity index is 655. The summed E-state index contributed by atoms with van der Waals surface area (Å²) < 4.78 is 29.1. The molecule has 0 atom stereocenters. The average molecular weight is 280 g/mol. The number of alkyl halides is 2. The molecule has 0 aliphatic heterocycles. The number of aryl methyl sites for hydroxylation is 1. The molecule has 0 radical (unpaired) electrons. The Labute approximate surface area is 114 Å². The second-order valence-corrected chi connectivity index (χ2v) is 4.39. The van der Waals surface area contributed by atoms with Crippen molar-refractivity contribution in [3.05, 3.63) is 52.3 Å². The maximum absolute atomic E-state index is 13.9. The van der Waals surface area contributed by atoms with Crippen LogP contribution in [0, 0.1) is 6.92 Å². The van der Waals surface area contributed by atoms with Crippen molar-refractivity contribution in [2.45, 2.75) is 12.8 Å². The van der Waals surface area contributed by atoms with Gasteiger partial charge in [0.1, 0.15) is 5.69 Å². The minimum atomic E-state index is -3.18. The molecule has 0 bridgehead atoms. The Hall–Kier alpha value is -2.31. The number of pyridine rings is 1. The van der Waals surface area contributed by atoms with E-state index in [2.05, 4.69) is 15.3 Å². The van der Waals surface area contributed by atoms with Gasteiger partial charge in [-0.05, 0) is 19.1 Å². The summed E-state index contributed by atoms with van der Waals surface area (Å²) in [4.78, 5) is 19.3. The molecule has 2 heterocycles. The first-order valence-electron chi connectivity index (χ1n) is 5.97. The number of nitrogens with zero attached hydrogens (tertiary/aromatic N) is 3. The normalized spacial score (nSPS) is 11.4. The van der Waals surface area contributed by atoms with Crippen LogP contribution in [0.4, 0.5) is 14.6 Å². The minimum absolute atomic E-state index is 0.103. The van der Waals surface area contributed by atoms with Gasteiger partial charge in [0.05, 0.1) is 6.54 Å². The molecule has 0 aromatic carbocycles. The first-order chi connectivity index (χ1) is 9.42. The lowest BCUT2D eigenvalue weighted by Crippen LogP contribution is -2.30. The van der Waals surface area contributed by atoms with Crippen LogP contribution in [-0.4, -0.2) is 21.1 Å². The Morgan fingerprint density at radius 2 is 2.10 bits per heavy atom. The fourth-order valence-corrected chi connectivity index (χ4v) is 1.60. The SMILES string of the molecule is Cc1cnc(NCC(F)(F)c2ccccn2)c(=O)n1C. The van der Waals surface area contributed by atoms with E-state index in [1.54, 1.807) is 20.0 Å². The van der Waals surface area contributed by atoms with Gasteiger partial charge in [0.25, 0.3) is 5.56 Å². The number of hydrogen-bond donors (Lipinski definition) is 1. The molecule has 0 saturated heterocycles. The molecule has 2 rings (SSSR count). The van der Waals surface area contributed by atoms with Crippen molar-refractivity contribution in [2.75, 3.05) is 11.9 Å². The topological polar surface area (TPSA) is 59.8 Å². The molecular formula is C13H14F2N4O. The molecule has 0 aliphatic carbocycles. The summed E-state index contributed by atoms with van der Waals surface area (Å²) in [7, 11) is 1.56. The first-order valence-corrected chi connectivity index (χ1v) is 5.97. The molecule has 1 N–H and O–H groups in total. The van der Waals surface area contributed by atoms with Crippen LogP contribution in [0.15, 0.2) is 35.4 Å². The molecule has 0 aliphatic rings. The third kappa shape index (κ3) is 2.81. The quantitative estimate of drug-likeness (QED) is 0.926. The summed E-state index contributed by atoms with van der Waals surface area (Å²) in [6, 6.07) is 4.28. The van der Waals surface area contributed by atoms with Crippen LogP contribution in [0.3, 0.4) is 0 Å². The predicted octanol–water partition coefficient (Wildman–Crippen LogP) is 1.69. The van der Waals surface area contributed by atoms with Gasteiger partial charge < -0.3 is 9.88 Å². The Morgan fingerprint density at radius 1 is 1.35 bits per heavy atom. The van der Waals surface area contributed by atoms with Crippen molar-refractivity contribution in [3.8, 4) is 0 Å². The summed E-state index contributed by atoms with van der Waals surface area (Å²) in [5.41, 5.74) is -0.143. The molecule has 0 fully saturated rings. The lowest BCUT2D eigenvalue weighted by Gasteiger charge is -2.16. The number of nitrogens with one attached hydrogen (secondary N) is 1. The van der Waals surface area contributed by atoms with E-state index >= 15 is 0 Å². The zero-order valence-electron chi connectivity index (χ0n) is 11.1. The molecule has 2 aromatic rings. The molecule has 20 heavy (non-hydrogen) atoms. The molecule has 106 valence electrons. The summed E-state index contributed by atoms with van der Waals surface area (Å²) in [6.07, 6.45) is 2.75. The highest BCUT2D eigenvalue weighted by Gasteiger charge is 2.33. The average Bonchev–Trinajstić information content (AvgIpc) is 2.45. The molecule has 0 spiro atoms. The largest absolute Gasteiger partial charge is 0.359 e. The van der Waals surface area contributed by atoms with Gasteiger partial charge in [0.15, 0.2) is 5.82 Å². The lowest BCUT2D eigenvalue weighted by molar-refractivity contribution is 0.00588. The van der Waals surface area contributed by atoms with Crippen molar-refractivity contribution in [2.24, 2.45) is 7.05 Å². The van der Waals surface area contributed by atoms with Crippen LogP contribution in [-0.2, 0) is 13.0 Å². The van der Waals surface area contributed by atoms with E-state index in [4.69, 9.17) is 0 Å². The third-order valence-electron chi connectivity index (χ3n) is 2.93. The lowest BCUT2D eigenvalue weighted by atomic mass is 10.2. The highest BCUT2D eigenvalue weighted by atomic mass is 19.3. The fourth-order valence-electron chi connectivity index (χ4n) is 1.60. The minimum Gasteiger partial charge on any atom is -0.359 e. The standard InChI is InChI=1S/C13H14F2N4O/c1-9-7-17-11(12(20)19(9)2)18-8-13(14,15)10-5-3-4-6-16-10/h3-7H,8H2,1-2H3,(H,17,18). The number of rotatable bonds is 4. The number of halogens is 2. The third-order valence-corrected chi connectivity index (χ3v) is 2.93. The highest BCUT2D eigenvalue weighted by molar-refractivity contribution is 5.33. The summed E-state index contributed by atoms with van der Waals surface area (Å²) in [6.45, 7) is 0.968. The van der Waals surface area contributed by atoms with Gasteiger partial charge in [-0.3, -0.25) is 9.78 Å². The molecule has 0 amide bonds. The van der Waals surface area contributed by atoms with Crippen molar-refractivity contribution >= 4 is 5.82 Å². The maximum atomic E-state index is 13.9. The van der Waals surface area contributed by atoms with Gasteiger partial charge in [-0.1, -0.05) is 6.07 Å². The van der Waals surface area contributed by atoms with Crippen LogP contribution < -0.4 is 10.9 Å². The summed E-state index contributed by atoms with van der Waals surface area (Å²) >= 11 is 0. The van der Waals surface area contributed by atoms with Crippen molar-refractivity contribution in [1.29, 1.82) is 0 Å². The number of aromatic nitrogens is 3. The van der Waals surface area contributed by atoms with E-state index in [9.17, 15) is 13.6 Å². The zero-order valence-corrected chi connectivity index (χ0v) is 11.1. The summed E-state index contributed by atoms with van der Waals surface area (Å²) in [5, 5.41) is 2.39. The van der Waals surface area contributed by atoms with Gasteiger partial charge in [-0.2, -0.15) is 8.78 Å². The Kier molecular flexibility index (Phi) is 3.78. The van der Waals surface area contributed by atoms with Gasteiger partial charge in [0.2, 0.25) is 0 Å². The van der Waals surface area contributed by atoms with E-state index in [1.807, 2.05) is 0 Å². The Morgan fingerprint density at radius 3 is 2.75 bits per heavy atom. The molecule has 0 saturated carbocycles. The maximum Gasteiger partial charge on any atom is 0.306 e. The van der Waals surface area contributed by atoms with Crippen molar-refractivity contribution in [3.63, 3.8) is 0 Å². The zero-order chi connectivity index (χ0) is 14.8. The van der Waals surface area contributed by atoms with E-state index in [0.717, 1.165) is 0 Å². The van der Waals surface area contributed by atoms with Crippen molar-refractivity contribution < 1.29 is 8.78 Å². The second-order valence-electron chi connectivity index (χ2n) is 4.39. The van der Waals surface area contributed by atoms with Gasteiger partial charge >= 0.3 is 5.92 Å². The van der Waals surface area contributed by atoms with Crippen molar-refractivity contribution in [1.82, 2.24) is 14.5 Å². The summed E-state index contributed by atoms with van der Waals surface area (Å²) in [5.74, 6) is -3.28.